The number of anilines is 3. The molecule has 2 aliphatic rings. The van der Waals surface area contributed by atoms with Gasteiger partial charge in [0.2, 0.25) is 17.8 Å². The highest BCUT2D eigenvalue weighted by Gasteiger charge is 2.42. The summed E-state index contributed by atoms with van der Waals surface area (Å²) < 4.78 is 0. The first-order valence-electron chi connectivity index (χ1n) is 14.7. The molecule has 2 saturated heterocycles. The van der Waals surface area contributed by atoms with Crippen molar-refractivity contribution in [2.45, 2.75) is 143 Å². The Labute approximate surface area is 227 Å². The van der Waals surface area contributed by atoms with Crippen LogP contribution in [-0.4, -0.2) is 75.4 Å². The number of rotatable bonds is 9. The Morgan fingerprint density at radius 2 is 0.838 bits per heavy atom. The van der Waals surface area contributed by atoms with Crippen molar-refractivity contribution in [3.63, 3.8) is 0 Å². The molecule has 2 N–H and O–H groups in total. The minimum atomic E-state index is 0.0547. The Morgan fingerprint density at radius 1 is 0.541 bits per heavy atom. The lowest BCUT2D eigenvalue weighted by Crippen LogP contribution is -2.62. The SMILES string of the molecule is CCN(CC)c1nc(N(CC)C2CC(C)(C)NC(C)(C)C2)nc(N(CC)C2CC(C)(C)NC(C)(C)C2)n1. The van der Waals surface area contributed by atoms with Gasteiger partial charge in [0.05, 0.1) is 0 Å². The van der Waals surface area contributed by atoms with E-state index in [-0.39, 0.29) is 22.2 Å². The quantitative estimate of drug-likeness (QED) is 0.476. The van der Waals surface area contributed by atoms with Crippen LogP contribution in [0, 0.1) is 0 Å². The Kier molecular flexibility index (Phi) is 8.75. The fourth-order valence-corrected chi connectivity index (χ4v) is 7.35. The molecule has 8 nitrogen and oxygen atoms in total. The fraction of sp³-hybridized carbons (Fsp3) is 0.897. The number of piperidine rings is 2. The molecule has 0 amide bonds. The lowest BCUT2D eigenvalue weighted by molar-refractivity contribution is 0.158. The standard InChI is InChI=1S/C29H56N8/c1-13-35(14-2)23-30-24(36(15-3)21-17-26(5,6)33-27(7,8)18-21)32-25(31-23)37(16-4)22-19-28(9,10)34-29(11,12)20-22/h21-22,33-34H,13-20H2,1-12H3. The van der Waals surface area contributed by atoms with Crippen molar-refractivity contribution in [3.8, 4) is 0 Å². The Balaban J connectivity index is 2.08. The van der Waals surface area contributed by atoms with E-state index in [9.17, 15) is 0 Å². The molecular weight excluding hydrogens is 460 g/mol. The van der Waals surface area contributed by atoms with Gasteiger partial charge in [-0.3, -0.25) is 0 Å². The largest absolute Gasteiger partial charge is 0.341 e. The summed E-state index contributed by atoms with van der Waals surface area (Å²) in [4.78, 5) is 22.6. The molecule has 0 unspecified atom stereocenters. The highest BCUT2D eigenvalue weighted by atomic mass is 15.4. The van der Waals surface area contributed by atoms with E-state index < -0.39 is 0 Å². The predicted molar refractivity (Wildman–Crippen MR) is 158 cm³/mol. The van der Waals surface area contributed by atoms with Crippen molar-refractivity contribution in [2.24, 2.45) is 0 Å². The van der Waals surface area contributed by atoms with Crippen molar-refractivity contribution in [1.82, 2.24) is 25.6 Å². The molecular formula is C29H56N8. The van der Waals surface area contributed by atoms with Gasteiger partial charge in [0, 0.05) is 60.4 Å². The molecule has 0 saturated carbocycles. The lowest BCUT2D eigenvalue weighted by Gasteiger charge is -2.50. The number of aromatic nitrogens is 3. The maximum atomic E-state index is 5.23. The summed E-state index contributed by atoms with van der Waals surface area (Å²) in [6.07, 6.45) is 4.22. The van der Waals surface area contributed by atoms with Crippen LogP contribution in [0.15, 0.2) is 0 Å². The Hall–Kier alpha value is -1.67. The lowest BCUT2D eigenvalue weighted by atomic mass is 9.79. The van der Waals surface area contributed by atoms with Gasteiger partial charge in [-0.1, -0.05) is 0 Å². The van der Waals surface area contributed by atoms with E-state index in [0.29, 0.717) is 12.1 Å². The zero-order valence-corrected chi connectivity index (χ0v) is 26.0. The zero-order valence-electron chi connectivity index (χ0n) is 26.0. The second-order valence-corrected chi connectivity index (χ2v) is 13.9. The zero-order chi connectivity index (χ0) is 27.8. The summed E-state index contributed by atoms with van der Waals surface area (Å²) >= 11 is 0. The minimum absolute atomic E-state index is 0.0547. The first kappa shape index (κ1) is 29.9. The highest BCUT2D eigenvalue weighted by Crippen LogP contribution is 2.36. The van der Waals surface area contributed by atoms with Gasteiger partial charge in [0.15, 0.2) is 0 Å². The molecule has 0 aromatic carbocycles. The van der Waals surface area contributed by atoms with Crippen molar-refractivity contribution in [2.75, 3.05) is 40.9 Å². The van der Waals surface area contributed by atoms with Crippen LogP contribution < -0.4 is 25.3 Å². The van der Waals surface area contributed by atoms with Gasteiger partial charge in [-0.15, -0.1) is 0 Å². The monoisotopic (exact) mass is 516 g/mol. The maximum Gasteiger partial charge on any atom is 0.232 e. The first-order chi connectivity index (χ1) is 17.0. The van der Waals surface area contributed by atoms with Gasteiger partial charge >= 0.3 is 0 Å². The van der Waals surface area contributed by atoms with Gasteiger partial charge in [-0.25, -0.2) is 0 Å². The van der Waals surface area contributed by atoms with E-state index in [1.165, 1.54) is 0 Å². The van der Waals surface area contributed by atoms with Crippen molar-refractivity contribution >= 4 is 17.8 Å². The molecule has 0 spiro atoms. The molecule has 0 aliphatic carbocycles. The average Bonchev–Trinajstić information content (AvgIpc) is 2.71. The minimum Gasteiger partial charge on any atom is -0.341 e. The molecule has 2 aliphatic heterocycles. The number of nitrogens with zero attached hydrogens (tertiary/aromatic N) is 6. The summed E-state index contributed by atoms with van der Waals surface area (Å²) in [5, 5.41) is 7.67. The molecule has 3 heterocycles. The summed E-state index contributed by atoms with van der Waals surface area (Å²) in [5.41, 5.74) is 0.219. The number of hydrogen-bond acceptors (Lipinski definition) is 8. The van der Waals surface area contributed by atoms with Crippen molar-refractivity contribution in [1.29, 1.82) is 0 Å². The van der Waals surface area contributed by atoms with Gasteiger partial charge < -0.3 is 25.3 Å². The van der Waals surface area contributed by atoms with Crippen molar-refractivity contribution in [3.05, 3.63) is 0 Å². The van der Waals surface area contributed by atoms with Crippen LogP contribution in [0.4, 0.5) is 17.8 Å². The summed E-state index contributed by atoms with van der Waals surface area (Å²) in [6.45, 7) is 30.8. The van der Waals surface area contributed by atoms with Crippen LogP contribution in [0.2, 0.25) is 0 Å². The molecule has 37 heavy (non-hydrogen) atoms. The smallest absolute Gasteiger partial charge is 0.232 e. The van der Waals surface area contributed by atoms with Crippen LogP contribution in [0.5, 0.6) is 0 Å². The van der Waals surface area contributed by atoms with Gasteiger partial charge in [0.1, 0.15) is 0 Å². The van der Waals surface area contributed by atoms with Crippen molar-refractivity contribution < 1.29 is 0 Å². The van der Waals surface area contributed by atoms with Crippen LogP contribution in [0.25, 0.3) is 0 Å². The molecule has 1 aromatic rings. The third kappa shape index (κ3) is 7.25. The molecule has 3 rings (SSSR count). The van der Waals surface area contributed by atoms with E-state index in [0.717, 1.165) is 69.7 Å². The van der Waals surface area contributed by atoms with Gasteiger partial charge in [0.25, 0.3) is 0 Å². The molecule has 0 radical (unpaired) electrons. The van der Waals surface area contributed by atoms with Crippen LogP contribution in [-0.2, 0) is 0 Å². The summed E-state index contributed by atoms with van der Waals surface area (Å²) in [7, 11) is 0. The van der Waals surface area contributed by atoms with E-state index in [1.54, 1.807) is 0 Å². The van der Waals surface area contributed by atoms with E-state index in [4.69, 9.17) is 15.0 Å². The fourth-order valence-electron chi connectivity index (χ4n) is 7.35. The third-order valence-corrected chi connectivity index (χ3v) is 8.06. The topological polar surface area (TPSA) is 72.5 Å². The van der Waals surface area contributed by atoms with Crippen LogP contribution in [0.3, 0.4) is 0 Å². The van der Waals surface area contributed by atoms with Crippen LogP contribution in [0.1, 0.15) is 109 Å². The molecule has 8 heteroatoms. The van der Waals surface area contributed by atoms with E-state index in [1.807, 2.05) is 0 Å². The maximum absolute atomic E-state index is 5.23. The summed E-state index contributed by atoms with van der Waals surface area (Å²) in [6, 6.07) is 0.728. The number of nitrogens with one attached hydrogen (secondary N) is 2. The van der Waals surface area contributed by atoms with Gasteiger partial charge in [-0.05, 0) is 109 Å². The van der Waals surface area contributed by atoms with Gasteiger partial charge in [-0.2, -0.15) is 15.0 Å². The Bertz CT molecular complexity index is 809. The van der Waals surface area contributed by atoms with Crippen LogP contribution >= 0.6 is 0 Å². The highest BCUT2D eigenvalue weighted by molar-refractivity contribution is 5.48. The molecule has 0 atom stereocenters. The number of hydrogen-bond donors (Lipinski definition) is 2. The third-order valence-electron chi connectivity index (χ3n) is 8.06. The van der Waals surface area contributed by atoms with E-state index in [2.05, 4.69) is 108 Å². The molecule has 1 aromatic heterocycles. The second-order valence-electron chi connectivity index (χ2n) is 13.9. The average molecular weight is 517 g/mol. The van der Waals surface area contributed by atoms with E-state index >= 15 is 0 Å². The predicted octanol–water partition coefficient (Wildman–Crippen LogP) is 4.99. The first-order valence-corrected chi connectivity index (χ1v) is 14.7. The normalized spacial score (nSPS) is 23.0. The second kappa shape index (κ2) is 10.8. The summed E-state index contributed by atoms with van der Waals surface area (Å²) in [5.74, 6) is 2.43. The molecule has 0 bridgehead atoms. The molecule has 212 valence electrons. The molecule has 2 fully saturated rings. The Morgan fingerprint density at radius 3 is 1.11 bits per heavy atom.